The summed E-state index contributed by atoms with van der Waals surface area (Å²) in [5.74, 6) is 1.01. The summed E-state index contributed by atoms with van der Waals surface area (Å²) in [5, 5.41) is 7.33. The van der Waals surface area contributed by atoms with Gasteiger partial charge in [-0.2, -0.15) is 5.10 Å². The van der Waals surface area contributed by atoms with E-state index < -0.39 is 0 Å². The predicted molar refractivity (Wildman–Crippen MR) is 125 cm³/mol. The molecule has 3 fully saturated rings. The molecule has 0 bridgehead atoms. The highest BCUT2D eigenvalue weighted by Gasteiger charge is 2.42. The maximum atomic E-state index is 12.7. The molecule has 2 amide bonds. The molecule has 0 saturated carbocycles. The Morgan fingerprint density at radius 2 is 1.91 bits per heavy atom. The van der Waals surface area contributed by atoms with Gasteiger partial charge in [0.15, 0.2) is 0 Å². The first-order valence-electron chi connectivity index (χ1n) is 12.2. The molecule has 34 heavy (non-hydrogen) atoms. The number of carbonyl (C=O) groups is 2. The molecular formula is C25H33N5O4. The molecule has 3 saturated heterocycles. The van der Waals surface area contributed by atoms with Crippen molar-refractivity contribution in [1.29, 1.82) is 0 Å². The van der Waals surface area contributed by atoms with Crippen molar-refractivity contribution in [2.45, 2.75) is 25.0 Å². The fourth-order valence-corrected chi connectivity index (χ4v) is 5.38. The largest absolute Gasteiger partial charge is 0.444 e. The summed E-state index contributed by atoms with van der Waals surface area (Å²) in [6.45, 7) is 5.51. The van der Waals surface area contributed by atoms with Gasteiger partial charge in [-0.1, -0.05) is 30.3 Å². The number of nitrogens with one attached hydrogen (secondary N) is 1. The van der Waals surface area contributed by atoms with E-state index in [0.29, 0.717) is 30.7 Å². The number of amides is 2. The van der Waals surface area contributed by atoms with Crippen LogP contribution in [0.25, 0.3) is 0 Å². The number of alkyl carbamates (subject to hydrolysis) is 1. The van der Waals surface area contributed by atoms with Crippen LogP contribution < -0.4 is 5.32 Å². The minimum atomic E-state index is -0.383. The van der Waals surface area contributed by atoms with Crippen LogP contribution in [0.4, 0.5) is 4.79 Å². The minimum Gasteiger partial charge on any atom is -0.444 e. The Bertz CT molecular complexity index is 976. The lowest BCUT2D eigenvalue weighted by Crippen LogP contribution is -2.36. The van der Waals surface area contributed by atoms with Crippen LogP contribution in [0.3, 0.4) is 0 Å². The summed E-state index contributed by atoms with van der Waals surface area (Å²) < 4.78 is 12.5. The third-order valence-electron chi connectivity index (χ3n) is 7.17. The second kappa shape index (κ2) is 10.1. The number of aryl methyl sites for hydroxylation is 1. The first kappa shape index (κ1) is 22.9. The number of carbonyl (C=O) groups excluding carboxylic acids is 2. The van der Waals surface area contributed by atoms with Crippen molar-refractivity contribution in [3.63, 3.8) is 0 Å². The minimum absolute atomic E-state index is 0.0288. The normalized spacial score (nSPS) is 25.3. The van der Waals surface area contributed by atoms with Crippen LogP contribution in [0.15, 0.2) is 42.6 Å². The molecule has 182 valence electrons. The molecule has 3 aliphatic heterocycles. The van der Waals surface area contributed by atoms with Gasteiger partial charge in [0.25, 0.3) is 5.91 Å². The second-order valence-electron chi connectivity index (χ2n) is 9.65. The van der Waals surface area contributed by atoms with Gasteiger partial charge < -0.3 is 24.6 Å². The molecule has 2 aromatic rings. The van der Waals surface area contributed by atoms with Gasteiger partial charge >= 0.3 is 6.09 Å². The Hall–Kier alpha value is -2.91. The first-order valence-corrected chi connectivity index (χ1v) is 12.2. The van der Waals surface area contributed by atoms with E-state index in [-0.39, 0.29) is 24.1 Å². The average Bonchev–Trinajstić information content (AvgIpc) is 3.62. The van der Waals surface area contributed by atoms with Crippen molar-refractivity contribution in [3.05, 3.63) is 53.9 Å². The van der Waals surface area contributed by atoms with E-state index in [1.54, 1.807) is 16.9 Å². The number of benzene rings is 1. The Balaban J connectivity index is 1.13. The van der Waals surface area contributed by atoms with Crippen molar-refractivity contribution in [2.75, 3.05) is 45.9 Å². The van der Waals surface area contributed by atoms with Crippen LogP contribution in [-0.2, 0) is 16.5 Å². The quantitative estimate of drug-likeness (QED) is 0.671. The highest BCUT2D eigenvalue weighted by atomic mass is 16.6. The van der Waals surface area contributed by atoms with Gasteiger partial charge in [0.1, 0.15) is 11.8 Å². The van der Waals surface area contributed by atoms with Crippen LogP contribution >= 0.6 is 0 Å². The van der Waals surface area contributed by atoms with E-state index in [0.717, 1.165) is 51.1 Å². The van der Waals surface area contributed by atoms with Crippen LogP contribution in [0.1, 0.15) is 34.9 Å². The third-order valence-corrected chi connectivity index (χ3v) is 7.17. The topological polar surface area (TPSA) is 88.9 Å². The van der Waals surface area contributed by atoms with Crippen LogP contribution in [0.5, 0.6) is 0 Å². The number of aromatic nitrogens is 2. The lowest BCUT2D eigenvalue weighted by molar-refractivity contribution is 0.0767. The standard InChI is InChI=1S/C25H33N5O4/c1-28-10-7-23(27-28)24(31)30-15-19-13-29(14-20(19)16-30)11-8-22(18-5-3-2-4-6-18)26-25(32)34-21-9-12-33-17-21/h2-7,10,19-22H,8-9,11-17H2,1H3,(H,26,32)/t19-,20?,21?,22?/m0/s1. The van der Waals surface area contributed by atoms with E-state index in [1.165, 1.54) is 0 Å². The summed E-state index contributed by atoms with van der Waals surface area (Å²) in [5.41, 5.74) is 1.60. The highest BCUT2D eigenvalue weighted by Crippen LogP contribution is 2.32. The van der Waals surface area contributed by atoms with Gasteiger partial charge in [-0.15, -0.1) is 0 Å². The molecule has 1 aromatic heterocycles. The van der Waals surface area contributed by atoms with Crippen molar-refractivity contribution < 1.29 is 19.1 Å². The SMILES string of the molecule is Cn1ccc(C(=O)N2CC3CN(CCC(NC(=O)OC4CCOC4)c4ccccc4)C[C@H]3C2)n1. The van der Waals surface area contributed by atoms with Crippen LogP contribution in [0.2, 0.25) is 0 Å². The monoisotopic (exact) mass is 467 g/mol. The van der Waals surface area contributed by atoms with Crippen molar-refractivity contribution in [3.8, 4) is 0 Å². The zero-order valence-electron chi connectivity index (χ0n) is 19.6. The van der Waals surface area contributed by atoms with E-state index >= 15 is 0 Å². The zero-order valence-corrected chi connectivity index (χ0v) is 19.6. The van der Waals surface area contributed by atoms with Gasteiger partial charge in [0.05, 0.1) is 19.3 Å². The van der Waals surface area contributed by atoms with Gasteiger partial charge in [-0.3, -0.25) is 9.48 Å². The molecule has 0 spiro atoms. The van der Waals surface area contributed by atoms with Gasteiger partial charge in [-0.25, -0.2) is 4.79 Å². The number of nitrogens with zero attached hydrogens (tertiary/aromatic N) is 4. The lowest BCUT2D eigenvalue weighted by atomic mass is 10.0. The smallest absolute Gasteiger partial charge is 0.407 e. The molecule has 3 unspecified atom stereocenters. The molecule has 4 atom stereocenters. The first-order chi connectivity index (χ1) is 16.5. The Kier molecular flexibility index (Phi) is 6.82. The molecule has 3 aliphatic rings. The van der Waals surface area contributed by atoms with Crippen molar-refractivity contribution >= 4 is 12.0 Å². The Labute approximate surface area is 200 Å². The maximum Gasteiger partial charge on any atom is 0.407 e. The number of fused-ring (bicyclic) bond motifs is 1. The van der Waals surface area contributed by atoms with E-state index in [2.05, 4.69) is 15.3 Å². The molecule has 5 rings (SSSR count). The fraction of sp³-hybridized carbons (Fsp3) is 0.560. The molecule has 9 heteroatoms. The number of rotatable bonds is 7. The number of ether oxygens (including phenoxy) is 2. The summed E-state index contributed by atoms with van der Waals surface area (Å²) in [6, 6.07) is 11.7. The summed E-state index contributed by atoms with van der Waals surface area (Å²) in [4.78, 5) is 29.7. The predicted octanol–water partition coefficient (Wildman–Crippen LogP) is 2.07. The molecule has 1 N–H and O–H groups in total. The Morgan fingerprint density at radius 1 is 1.15 bits per heavy atom. The number of hydrogen-bond acceptors (Lipinski definition) is 6. The second-order valence-corrected chi connectivity index (χ2v) is 9.65. The van der Waals surface area contributed by atoms with Gasteiger partial charge in [0, 0.05) is 52.4 Å². The maximum absolute atomic E-state index is 12.7. The third kappa shape index (κ3) is 5.26. The Morgan fingerprint density at radius 3 is 2.56 bits per heavy atom. The number of hydrogen-bond donors (Lipinski definition) is 1. The van der Waals surface area contributed by atoms with E-state index in [1.807, 2.05) is 42.3 Å². The fourth-order valence-electron chi connectivity index (χ4n) is 5.38. The van der Waals surface area contributed by atoms with Crippen molar-refractivity contribution in [2.24, 2.45) is 18.9 Å². The van der Waals surface area contributed by atoms with Crippen LogP contribution in [0, 0.1) is 11.8 Å². The zero-order chi connectivity index (χ0) is 23.5. The molecule has 9 nitrogen and oxygen atoms in total. The molecule has 1 aromatic carbocycles. The number of likely N-dealkylation sites (tertiary alicyclic amines) is 2. The lowest BCUT2D eigenvalue weighted by Gasteiger charge is -2.25. The summed E-state index contributed by atoms with van der Waals surface area (Å²) in [7, 11) is 1.83. The van der Waals surface area contributed by atoms with Crippen LogP contribution in [-0.4, -0.2) is 83.6 Å². The summed E-state index contributed by atoms with van der Waals surface area (Å²) in [6.07, 6.45) is 2.81. The molecule has 0 radical (unpaired) electrons. The summed E-state index contributed by atoms with van der Waals surface area (Å²) >= 11 is 0. The average molecular weight is 468 g/mol. The van der Waals surface area contributed by atoms with Gasteiger partial charge in [0.2, 0.25) is 0 Å². The molecule has 0 aliphatic carbocycles. The van der Waals surface area contributed by atoms with Crippen molar-refractivity contribution in [1.82, 2.24) is 24.9 Å². The molecule has 4 heterocycles. The van der Waals surface area contributed by atoms with E-state index in [4.69, 9.17) is 9.47 Å². The highest BCUT2D eigenvalue weighted by molar-refractivity contribution is 5.92. The molecular weight excluding hydrogens is 434 g/mol. The van der Waals surface area contributed by atoms with E-state index in [9.17, 15) is 9.59 Å². The van der Waals surface area contributed by atoms with Gasteiger partial charge in [-0.05, 0) is 29.9 Å².